The second-order valence-corrected chi connectivity index (χ2v) is 6.53. The van der Waals surface area contributed by atoms with Gasteiger partial charge in [-0.25, -0.2) is 0 Å². The fourth-order valence-corrected chi connectivity index (χ4v) is 4.29. The molecule has 1 saturated heterocycles. The fraction of sp³-hybridized carbons (Fsp3) is 0.500. The number of hydrogen-bond acceptors (Lipinski definition) is 4. The summed E-state index contributed by atoms with van der Waals surface area (Å²) in [5.74, 6) is 0. The molecule has 0 amide bonds. The lowest BCUT2D eigenvalue weighted by Crippen LogP contribution is -2.44. The molecule has 3 heterocycles. The SMILES string of the molecule is c1cc2cc(CCN3CCNCC3)sc2s1. The van der Waals surface area contributed by atoms with Gasteiger partial charge in [0, 0.05) is 43.0 Å². The van der Waals surface area contributed by atoms with Crippen molar-refractivity contribution < 1.29 is 0 Å². The van der Waals surface area contributed by atoms with Crippen molar-refractivity contribution in [1.82, 2.24) is 10.2 Å². The molecule has 0 aliphatic carbocycles. The van der Waals surface area contributed by atoms with Crippen LogP contribution in [0.25, 0.3) is 9.40 Å². The van der Waals surface area contributed by atoms with E-state index >= 15 is 0 Å². The van der Waals surface area contributed by atoms with Crippen LogP contribution >= 0.6 is 22.7 Å². The lowest BCUT2D eigenvalue weighted by Gasteiger charge is -2.26. The van der Waals surface area contributed by atoms with E-state index in [4.69, 9.17) is 0 Å². The first-order valence-corrected chi connectivity index (χ1v) is 7.50. The molecule has 0 radical (unpaired) electrons. The Labute approximate surface area is 104 Å². The van der Waals surface area contributed by atoms with Crippen LogP contribution in [0, 0.1) is 0 Å². The molecule has 2 aromatic rings. The Morgan fingerprint density at radius 2 is 2.19 bits per heavy atom. The van der Waals surface area contributed by atoms with Gasteiger partial charge in [0.25, 0.3) is 0 Å². The molecular weight excluding hydrogens is 236 g/mol. The van der Waals surface area contributed by atoms with Gasteiger partial charge in [-0.15, -0.1) is 22.7 Å². The van der Waals surface area contributed by atoms with E-state index in [2.05, 4.69) is 27.7 Å². The van der Waals surface area contributed by atoms with Crippen LogP contribution in [0.2, 0.25) is 0 Å². The molecule has 0 bridgehead atoms. The van der Waals surface area contributed by atoms with Crippen molar-refractivity contribution in [3.8, 4) is 0 Å². The topological polar surface area (TPSA) is 15.3 Å². The molecule has 16 heavy (non-hydrogen) atoms. The molecule has 0 atom stereocenters. The third-order valence-corrected chi connectivity index (χ3v) is 5.35. The monoisotopic (exact) mass is 252 g/mol. The van der Waals surface area contributed by atoms with Crippen LogP contribution in [0.4, 0.5) is 0 Å². The number of nitrogens with zero attached hydrogens (tertiary/aromatic N) is 1. The summed E-state index contributed by atoms with van der Waals surface area (Å²) in [5, 5.41) is 7.01. The molecule has 0 spiro atoms. The van der Waals surface area contributed by atoms with Gasteiger partial charge in [0.2, 0.25) is 0 Å². The first-order valence-electron chi connectivity index (χ1n) is 5.81. The largest absolute Gasteiger partial charge is 0.314 e. The molecule has 0 unspecified atom stereocenters. The van der Waals surface area contributed by atoms with Crippen LogP contribution in [0.5, 0.6) is 0 Å². The average molecular weight is 252 g/mol. The highest BCUT2D eigenvalue weighted by Gasteiger charge is 2.10. The zero-order valence-electron chi connectivity index (χ0n) is 9.24. The van der Waals surface area contributed by atoms with Crippen LogP contribution in [0.15, 0.2) is 17.5 Å². The smallest absolute Gasteiger partial charge is 0.0867 e. The van der Waals surface area contributed by atoms with Crippen LogP contribution < -0.4 is 5.32 Å². The van der Waals surface area contributed by atoms with Gasteiger partial charge < -0.3 is 10.2 Å². The Morgan fingerprint density at radius 3 is 3.00 bits per heavy atom. The summed E-state index contributed by atoms with van der Waals surface area (Å²) in [6.07, 6.45) is 1.21. The molecule has 0 saturated carbocycles. The molecule has 1 N–H and O–H groups in total. The zero-order chi connectivity index (χ0) is 10.8. The summed E-state index contributed by atoms with van der Waals surface area (Å²) in [6.45, 7) is 5.94. The van der Waals surface area contributed by atoms with Crippen LogP contribution in [-0.2, 0) is 6.42 Å². The van der Waals surface area contributed by atoms with Gasteiger partial charge in [-0.3, -0.25) is 0 Å². The van der Waals surface area contributed by atoms with E-state index in [-0.39, 0.29) is 0 Å². The standard InChI is InChI=1S/C12H16N2S2/c1(5-14-6-3-13-4-7-14)11-9-10-2-8-15-12(10)16-11/h2,8-9,13H,1,3-7H2. The van der Waals surface area contributed by atoms with Crippen molar-refractivity contribution in [2.45, 2.75) is 6.42 Å². The average Bonchev–Trinajstić information content (AvgIpc) is 2.88. The summed E-state index contributed by atoms with van der Waals surface area (Å²) < 4.78 is 1.48. The minimum atomic E-state index is 1.15. The van der Waals surface area contributed by atoms with Gasteiger partial charge in [-0.05, 0) is 23.9 Å². The van der Waals surface area contributed by atoms with E-state index in [9.17, 15) is 0 Å². The van der Waals surface area contributed by atoms with Crippen molar-refractivity contribution in [2.24, 2.45) is 0 Å². The molecule has 1 fully saturated rings. The molecule has 1 aliphatic heterocycles. The van der Waals surface area contributed by atoms with Gasteiger partial charge in [-0.1, -0.05) is 0 Å². The lowest BCUT2D eigenvalue weighted by molar-refractivity contribution is 0.244. The molecular formula is C12H16N2S2. The predicted octanol–water partition coefficient (Wildman–Crippen LogP) is 2.41. The highest BCUT2D eigenvalue weighted by molar-refractivity contribution is 7.37. The first-order chi connectivity index (χ1) is 7.92. The van der Waals surface area contributed by atoms with Crippen molar-refractivity contribution in [3.63, 3.8) is 0 Å². The van der Waals surface area contributed by atoms with E-state index < -0.39 is 0 Å². The molecule has 2 aromatic heterocycles. The van der Waals surface area contributed by atoms with Crippen LogP contribution in [-0.4, -0.2) is 37.6 Å². The summed E-state index contributed by atoms with van der Waals surface area (Å²) in [6, 6.07) is 4.59. The van der Waals surface area contributed by atoms with E-state index in [1.54, 1.807) is 4.88 Å². The minimum Gasteiger partial charge on any atom is -0.314 e. The van der Waals surface area contributed by atoms with Crippen molar-refractivity contribution >= 4 is 32.1 Å². The Kier molecular flexibility index (Phi) is 3.24. The number of hydrogen-bond donors (Lipinski definition) is 1. The Bertz CT molecular complexity index is 426. The van der Waals surface area contributed by atoms with E-state index in [1.807, 2.05) is 22.7 Å². The third kappa shape index (κ3) is 2.30. The van der Waals surface area contributed by atoms with Crippen molar-refractivity contribution in [1.29, 1.82) is 0 Å². The molecule has 1 aliphatic rings. The van der Waals surface area contributed by atoms with Crippen molar-refractivity contribution in [3.05, 3.63) is 22.4 Å². The summed E-state index contributed by atoms with van der Waals surface area (Å²) >= 11 is 3.83. The number of fused-ring (bicyclic) bond motifs is 1. The van der Waals surface area contributed by atoms with Crippen LogP contribution in [0.3, 0.4) is 0 Å². The van der Waals surface area contributed by atoms with E-state index in [0.717, 1.165) is 13.1 Å². The number of piperazine rings is 1. The second kappa shape index (κ2) is 4.84. The van der Waals surface area contributed by atoms with Gasteiger partial charge in [0.05, 0.1) is 4.01 Å². The Morgan fingerprint density at radius 1 is 1.31 bits per heavy atom. The van der Waals surface area contributed by atoms with E-state index in [1.165, 1.54) is 35.5 Å². The van der Waals surface area contributed by atoms with Gasteiger partial charge in [0.15, 0.2) is 0 Å². The second-order valence-electron chi connectivity index (χ2n) is 4.22. The minimum absolute atomic E-state index is 1.15. The molecule has 86 valence electrons. The molecule has 3 rings (SSSR count). The maximum absolute atomic E-state index is 3.39. The predicted molar refractivity (Wildman–Crippen MR) is 72.7 cm³/mol. The Hall–Kier alpha value is -0.420. The lowest BCUT2D eigenvalue weighted by atomic mass is 10.2. The highest BCUT2D eigenvalue weighted by Crippen LogP contribution is 2.30. The highest BCUT2D eigenvalue weighted by atomic mass is 32.2. The number of nitrogens with one attached hydrogen (secondary N) is 1. The van der Waals surface area contributed by atoms with Crippen molar-refractivity contribution in [2.75, 3.05) is 32.7 Å². The zero-order valence-corrected chi connectivity index (χ0v) is 10.9. The molecule has 0 aromatic carbocycles. The number of thiophene rings is 2. The Balaban J connectivity index is 1.59. The van der Waals surface area contributed by atoms with Gasteiger partial charge in [-0.2, -0.15) is 0 Å². The summed E-state index contributed by atoms with van der Waals surface area (Å²) in [7, 11) is 0. The fourth-order valence-electron chi connectivity index (χ4n) is 2.14. The molecule has 4 heteroatoms. The summed E-state index contributed by atoms with van der Waals surface area (Å²) in [5.41, 5.74) is 0. The molecule has 2 nitrogen and oxygen atoms in total. The van der Waals surface area contributed by atoms with Gasteiger partial charge in [0.1, 0.15) is 0 Å². The van der Waals surface area contributed by atoms with Crippen LogP contribution in [0.1, 0.15) is 4.88 Å². The normalized spacial score (nSPS) is 18.2. The maximum Gasteiger partial charge on any atom is 0.0867 e. The van der Waals surface area contributed by atoms with Gasteiger partial charge >= 0.3 is 0 Å². The van der Waals surface area contributed by atoms with E-state index in [0.29, 0.717) is 0 Å². The first kappa shape index (κ1) is 10.7. The maximum atomic E-state index is 3.39. The quantitative estimate of drug-likeness (QED) is 0.902. The third-order valence-electron chi connectivity index (χ3n) is 3.08. The number of rotatable bonds is 3. The summed E-state index contributed by atoms with van der Waals surface area (Å²) in [4.78, 5) is 4.10.